The molecular weight excluding hydrogens is 360 g/mol. The number of hydrogen-bond donors (Lipinski definition) is 2. The highest BCUT2D eigenvalue weighted by Crippen LogP contribution is 2.19. The maximum atomic E-state index is 12.8. The second kappa shape index (κ2) is 11.9. The molecule has 154 valence electrons. The molecule has 0 spiro atoms. The Bertz CT molecular complexity index is 664. The molecule has 1 aromatic rings. The highest BCUT2D eigenvalue weighted by Gasteiger charge is 2.27. The molecule has 0 heterocycles. The summed E-state index contributed by atoms with van der Waals surface area (Å²) in [6.45, 7) is 7.51. The maximum Gasteiger partial charge on any atom is 0.408 e. The minimum absolute atomic E-state index is 0.134. The van der Waals surface area contributed by atoms with Gasteiger partial charge in [0.1, 0.15) is 18.4 Å². The fourth-order valence-corrected chi connectivity index (χ4v) is 2.46. The number of carbonyl (C=O) groups is 2. The lowest BCUT2D eigenvalue weighted by Gasteiger charge is -2.26. The smallest absolute Gasteiger partial charge is 0.408 e. The van der Waals surface area contributed by atoms with E-state index in [0.717, 1.165) is 5.56 Å². The lowest BCUT2D eigenvalue weighted by molar-refractivity contribution is -0.125. The molecule has 2 amide bonds. The van der Waals surface area contributed by atoms with Crippen LogP contribution in [0.4, 0.5) is 4.79 Å². The van der Waals surface area contributed by atoms with E-state index in [-0.39, 0.29) is 31.1 Å². The lowest BCUT2D eigenvalue weighted by atomic mass is 10.0. The Balaban J connectivity index is 2.91. The zero-order valence-electron chi connectivity index (χ0n) is 17.2. The van der Waals surface area contributed by atoms with Gasteiger partial charge in [0, 0.05) is 0 Å². The van der Waals surface area contributed by atoms with Gasteiger partial charge >= 0.3 is 6.09 Å². The Labute approximate surface area is 167 Å². The summed E-state index contributed by atoms with van der Waals surface area (Å²) in [5.74, 6) is 2.64. The summed E-state index contributed by atoms with van der Waals surface area (Å²) in [6.07, 6.45) is 4.33. The van der Waals surface area contributed by atoms with Gasteiger partial charge in [0.05, 0.1) is 25.9 Å². The average molecular weight is 390 g/mol. The first kappa shape index (κ1) is 23.3. The molecule has 0 aliphatic carbocycles. The van der Waals surface area contributed by atoms with Crippen molar-refractivity contribution in [3.8, 4) is 18.1 Å². The van der Waals surface area contributed by atoms with Crippen LogP contribution in [0, 0.1) is 18.3 Å². The molecule has 2 atom stereocenters. The van der Waals surface area contributed by atoms with Crippen molar-refractivity contribution in [1.29, 1.82) is 0 Å². The molecule has 0 bridgehead atoms. The summed E-state index contributed by atoms with van der Waals surface area (Å²) in [5.41, 5.74) is 0.832. The molecule has 0 saturated heterocycles. The molecule has 0 radical (unpaired) electrons. The number of benzene rings is 1. The van der Waals surface area contributed by atoms with E-state index in [1.165, 1.54) is 0 Å². The molecule has 0 aliphatic rings. The second-order valence-electron chi connectivity index (χ2n) is 6.87. The van der Waals surface area contributed by atoms with E-state index in [9.17, 15) is 9.59 Å². The molecule has 0 aliphatic heterocycles. The molecule has 2 N–H and O–H groups in total. The summed E-state index contributed by atoms with van der Waals surface area (Å²) in [6, 6.07) is 6.10. The minimum atomic E-state index is -0.750. The number of rotatable bonds is 10. The van der Waals surface area contributed by atoms with Crippen molar-refractivity contribution in [3.05, 3.63) is 29.8 Å². The van der Waals surface area contributed by atoms with E-state index in [1.807, 2.05) is 26.0 Å². The molecule has 1 aromatic carbocycles. The first-order chi connectivity index (χ1) is 13.3. The van der Waals surface area contributed by atoms with Gasteiger partial charge in [0.15, 0.2) is 0 Å². The fraction of sp³-hybridized carbons (Fsp3) is 0.524. The van der Waals surface area contributed by atoms with Crippen LogP contribution in [0.1, 0.15) is 39.3 Å². The predicted molar refractivity (Wildman–Crippen MR) is 107 cm³/mol. The molecule has 0 aromatic heterocycles. The van der Waals surface area contributed by atoms with Crippen LogP contribution < -0.4 is 15.4 Å². The van der Waals surface area contributed by atoms with Crippen molar-refractivity contribution in [1.82, 2.24) is 10.6 Å². The number of ether oxygens (including phenoxy) is 3. The lowest BCUT2D eigenvalue weighted by Crippen LogP contribution is -2.51. The van der Waals surface area contributed by atoms with Crippen molar-refractivity contribution in [2.24, 2.45) is 5.92 Å². The molecule has 2 unspecified atom stereocenters. The van der Waals surface area contributed by atoms with Crippen molar-refractivity contribution < 1.29 is 23.8 Å². The van der Waals surface area contributed by atoms with Gasteiger partial charge in [-0.15, -0.1) is 6.42 Å². The first-order valence-corrected chi connectivity index (χ1v) is 9.21. The number of nitrogens with one attached hydrogen (secondary N) is 2. The van der Waals surface area contributed by atoms with Gasteiger partial charge in [-0.25, -0.2) is 4.79 Å². The molecule has 7 heteroatoms. The highest BCUT2D eigenvalue weighted by molar-refractivity contribution is 5.86. The molecule has 7 nitrogen and oxygen atoms in total. The minimum Gasteiger partial charge on any atom is -0.497 e. The van der Waals surface area contributed by atoms with Gasteiger partial charge in [-0.05, 0) is 37.5 Å². The molecule has 1 rings (SSSR count). The second-order valence-corrected chi connectivity index (χ2v) is 6.87. The first-order valence-electron chi connectivity index (χ1n) is 9.21. The van der Waals surface area contributed by atoms with Gasteiger partial charge in [-0.1, -0.05) is 31.9 Å². The number of methoxy groups -OCH3 is 1. The summed E-state index contributed by atoms with van der Waals surface area (Å²) in [7, 11) is 1.58. The fourth-order valence-electron chi connectivity index (χ4n) is 2.46. The van der Waals surface area contributed by atoms with Gasteiger partial charge in [0.25, 0.3) is 0 Å². The molecule has 0 saturated carbocycles. The Morgan fingerprint density at radius 2 is 1.75 bits per heavy atom. The average Bonchev–Trinajstić information content (AvgIpc) is 2.64. The van der Waals surface area contributed by atoms with E-state index in [4.69, 9.17) is 20.6 Å². The topological polar surface area (TPSA) is 85.9 Å². The van der Waals surface area contributed by atoms with Crippen LogP contribution in [0.5, 0.6) is 5.75 Å². The van der Waals surface area contributed by atoms with Gasteiger partial charge in [-0.3, -0.25) is 4.79 Å². The van der Waals surface area contributed by atoms with Crippen molar-refractivity contribution in [2.75, 3.05) is 20.3 Å². The van der Waals surface area contributed by atoms with Crippen LogP contribution in [0.3, 0.4) is 0 Å². The Morgan fingerprint density at radius 3 is 2.25 bits per heavy atom. The summed E-state index contributed by atoms with van der Waals surface area (Å²) in [4.78, 5) is 24.8. The summed E-state index contributed by atoms with van der Waals surface area (Å²) in [5, 5.41) is 5.55. The van der Waals surface area contributed by atoms with Crippen LogP contribution in [-0.4, -0.2) is 44.5 Å². The number of terminal acetylenes is 1. The largest absolute Gasteiger partial charge is 0.497 e. The van der Waals surface area contributed by atoms with E-state index in [0.29, 0.717) is 5.75 Å². The molecule has 28 heavy (non-hydrogen) atoms. The van der Waals surface area contributed by atoms with Crippen LogP contribution in [0.2, 0.25) is 0 Å². The summed E-state index contributed by atoms with van der Waals surface area (Å²) < 4.78 is 15.7. The molecular formula is C21H30N2O5. The zero-order chi connectivity index (χ0) is 21.1. The van der Waals surface area contributed by atoms with E-state index >= 15 is 0 Å². The van der Waals surface area contributed by atoms with Crippen molar-refractivity contribution in [3.63, 3.8) is 0 Å². The van der Waals surface area contributed by atoms with E-state index < -0.39 is 18.2 Å². The van der Waals surface area contributed by atoms with E-state index in [1.54, 1.807) is 33.1 Å². The van der Waals surface area contributed by atoms with Gasteiger partial charge in [-0.2, -0.15) is 0 Å². The predicted octanol–water partition coefficient (Wildman–Crippen LogP) is 2.66. The van der Waals surface area contributed by atoms with Gasteiger partial charge < -0.3 is 24.8 Å². The van der Waals surface area contributed by atoms with Crippen LogP contribution in [0.25, 0.3) is 0 Å². The number of carbonyl (C=O) groups excluding carboxylic acids is 2. The third-order valence-corrected chi connectivity index (χ3v) is 3.87. The summed E-state index contributed by atoms with van der Waals surface area (Å²) >= 11 is 0. The highest BCUT2D eigenvalue weighted by atomic mass is 16.6. The normalized spacial score (nSPS) is 12.8. The van der Waals surface area contributed by atoms with Gasteiger partial charge in [0.2, 0.25) is 5.91 Å². The number of alkyl carbamates (subject to hydrolysis) is 1. The van der Waals surface area contributed by atoms with Crippen molar-refractivity contribution in [2.45, 2.75) is 45.9 Å². The monoisotopic (exact) mass is 390 g/mol. The maximum absolute atomic E-state index is 12.8. The number of amides is 2. The quantitative estimate of drug-likeness (QED) is 0.474. The Hall–Kier alpha value is -2.72. The van der Waals surface area contributed by atoms with Crippen LogP contribution in [0.15, 0.2) is 24.3 Å². The van der Waals surface area contributed by atoms with E-state index in [2.05, 4.69) is 16.6 Å². The Morgan fingerprint density at radius 1 is 1.11 bits per heavy atom. The zero-order valence-corrected chi connectivity index (χ0v) is 17.2. The standard InChI is InChI=1S/C21H30N2O5/c1-7-12-27-13-18(16-8-10-17(26-6)11-9-16)22-20(24)19(14(2)3)23-21(25)28-15(4)5/h1,8-11,14-15,18-19H,12-13H2,2-6H3,(H,22,24)(H,23,25). The Kier molecular flexibility index (Phi) is 9.89. The van der Waals surface area contributed by atoms with Crippen LogP contribution in [-0.2, 0) is 14.3 Å². The van der Waals surface area contributed by atoms with Crippen LogP contribution >= 0.6 is 0 Å². The molecule has 0 fully saturated rings. The SMILES string of the molecule is C#CCOCC(NC(=O)C(NC(=O)OC(C)C)C(C)C)c1ccc(OC)cc1. The number of hydrogen-bond acceptors (Lipinski definition) is 5. The third-order valence-electron chi connectivity index (χ3n) is 3.87. The van der Waals surface area contributed by atoms with Crippen molar-refractivity contribution >= 4 is 12.0 Å². The third kappa shape index (κ3) is 7.89.